The van der Waals surface area contributed by atoms with Crippen LogP contribution in [0.15, 0.2) is 41.3 Å². The van der Waals surface area contributed by atoms with Gasteiger partial charge in [0.05, 0.1) is 11.3 Å². The second kappa shape index (κ2) is 11.2. The lowest BCUT2D eigenvalue weighted by molar-refractivity contribution is 0.0812. The van der Waals surface area contributed by atoms with Gasteiger partial charge in [0.2, 0.25) is 5.88 Å². The number of halogens is 3. The molecule has 0 saturated carbocycles. The molecule has 3 aromatic rings. The molecule has 1 saturated heterocycles. The van der Waals surface area contributed by atoms with Gasteiger partial charge < -0.3 is 20.8 Å². The monoisotopic (exact) mass is 562 g/mol. The van der Waals surface area contributed by atoms with Gasteiger partial charge in [-0.2, -0.15) is 4.98 Å². The Bertz CT molecular complexity index is 1510. The fraction of sp³-hybridized carbons (Fsp3) is 0.346. The lowest BCUT2D eigenvalue weighted by Crippen LogP contribution is -2.42. The number of hydrogen-bond acceptors (Lipinski definition) is 8. The second-order valence-corrected chi connectivity index (χ2v) is 11.2. The summed E-state index contributed by atoms with van der Waals surface area (Å²) in [6.07, 6.45) is 1.35. The molecule has 0 aliphatic carbocycles. The van der Waals surface area contributed by atoms with E-state index in [0.29, 0.717) is 18.2 Å². The van der Waals surface area contributed by atoms with E-state index in [1.807, 2.05) is 4.72 Å². The van der Waals surface area contributed by atoms with E-state index in [-0.39, 0.29) is 40.5 Å². The highest BCUT2D eigenvalue weighted by molar-refractivity contribution is 7.92. The number of nitrogens with zero attached hydrogens (tertiary/aromatic N) is 3. The molecule has 13 heteroatoms. The third-order valence-electron chi connectivity index (χ3n) is 6.42. The molecule has 4 N–H and O–H groups in total. The highest BCUT2D eigenvalue weighted by Crippen LogP contribution is 2.31. The minimum Gasteiger partial charge on any atom is -0.474 e. The Hall–Kier alpha value is -3.71. The minimum absolute atomic E-state index is 0.0107. The summed E-state index contributed by atoms with van der Waals surface area (Å²) in [5, 5.41) is 8.12. The van der Waals surface area contributed by atoms with Gasteiger partial charge >= 0.3 is 0 Å². The summed E-state index contributed by atoms with van der Waals surface area (Å²) < 4.78 is 75.7. The zero-order valence-corrected chi connectivity index (χ0v) is 22.4. The van der Waals surface area contributed by atoms with E-state index in [1.54, 1.807) is 0 Å². The molecule has 4 rings (SSSR count). The Kier molecular flexibility index (Phi) is 8.12. The van der Waals surface area contributed by atoms with Crippen LogP contribution in [-0.4, -0.2) is 54.2 Å². The Labute approximate surface area is 224 Å². The predicted octanol–water partition coefficient (Wildman–Crippen LogP) is 4.58. The van der Waals surface area contributed by atoms with Crippen molar-refractivity contribution < 1.29 is 26.3 Å². The Morgan fingerprint density at radius 2 is 1.79 bits per heavy atom. The van der Waals surface area contributed by atoms with Crippen molar-refractivity contribution in [2.75, 3.05) is 23.5 Å². The first-order chi connectivity index (χ1) is 18.4. The van der Waals surface area contributed by atoms with Crippen molar-refractivity contribution in [2.45, 2.75) is 50.7 Å². The number of benzene rings is 2. The lowest BCUT2D eigenvalue weighted by atomic mass is 10.1. The van der Waals surface area contributed by atoms with Crippen LogP contribution in [0.5, 0.6) is 5.88 Å². The summed E-state index contributed by atoms with van der Waals surface area (Å²) in [6.45, 7) is 7.48. The maximum Gasteiger partial charge on any atom is 0.265 e. The highest BCUT2D eigenvalue weighted by Gasteiger charge is 2.26. The Morgan fingerprint density at radius 1 is 1.10 bits per heavy atom. The third kappa shape index (κ3) is 6.31. The number of likely N-dealkylation sites (tertiary alicyclic amines) is 1. The van der Waals surface area contributed by atoms with Gasteiger partial charge in [-0.1, -0.05) is 0 Å². The SMILES string of the molecule is CC(=N)c1c(N)nc(-c2ccc(NS(=O)(=O)c3cc(F)ccc3F)c(F)c2)nc1OC1CCN(C(C)C)CC1. The van der Waals surface area contributed by atoms with E-state index >= 15 is 0 Å². The van der Waals surface area contributed by atoms with Gasteiger partial charge in [-0.15, -0.1) is 0 Å². The fourth-order valence-corrected chi connectivity index (χ4v) is 5.47. The first-order valence-electron chi connectivity index (χ1n) is 12.3. The number of nitrogens with one attached hydrogen (secondary N) is 2. The van der Waals surface area contributed by atoms with Crippen molar-refractivity contribution in [3.63, 3.8) is 0 Å². The first kappa shape index (κ1) is 28.3. The first-order valence-corrected chi connectivity index (χ1v) is 13.8. The number of nitrogens with two attached hydrogens (primary N) is 1. The molecule has 1 fully saturated rings. The number of hydrogen-bond donors (Lipinski definition) is 3. The molecule has 208 valence electrons. The molecule has 1 aromatic heterocycles. The van der Waals surface area contributed by atoms with Gasteiger partial charge in [-0.25, -0.2) is 26.6 Å². The van der Waals surface area contributed by atoms with Crippen LogP contribution in [0.25, 0.3) is 11.4 Å². The Morgan fingerprint density at radius 3 is 2.41 bits per heavy atom. The molecule has 0 atom stereocenters. The van der Waals surface area contributed by atoms with Crippen LogP contribution in [0.2, 0.25) is 0 Å². The van der Waals surface area contributed by atoms with Gasteiger partial charge in [-0.05, 0) is 70.0 Å². The molecule has 1 aliphatic rings. The quantitative estimate of drug-likeness (QED) is 0.342. The number of nitrogen functional groups attached to an aromatic ring is 1. The smallest absolute Gasteiger partial charge is 0.265 e. The van der Waals surface area contributed by atoms with Crippen LogP contribution in [0.3, 0.4) is 0 Å². The average molecular weight is 563 g/mol. The molecule has 0 spiro atoms. The van der Waals surface area contributed by atoms with Crippen molar-refractivity contribution in [3.05, 3.63) is 59.4 Å². The van der Waals surface area contributed by atoms with Gasteiger partial charge in [-0.3, -0.25) is 4.72 Å². The molecule has 0 unspecified atom stereocenters. The van der Waals surface area contributed by atoms with Crippen LogP contribution in [0.4, 0.5) is 24.7 Å². The molecular weight excluding hydrogens is 533 g/mol. The number of aromatic nitrogens is 2. The second-order valence-electron chi connectivity index (χ2n) is 9.56. The molecule has 9 nitrogen and oxygen atoms in total. The zero-order valence-electron chi connectivity index (χ0n) is 21.6. The van der Waals surface area contributed by atoms with Gasteiger partial charge in [0, 0.05) is 30.4 Å². The third-order valence-corrected chi connectivity index (χ3v) is 7.80. The van der Waals surface area contributed by atoms with E-state index < -0.39 is 38.1 Å². The Balaban J connectivity index is 1.61. The summed E-state index contributed by atoms with van der Waals surface area (Å²) >= 11 is 0. The maximum absolute atomic E-state index is 15.0. The molecule has 0 bridgehead atoms. The highest BCUT2D eigenvalue weighted by atomic mass is 32.2. The summed E-state index contributed by atoms with van der Waals surface area (Å²) in [7, 11) is -4.62. The van der Waals surface area contributed by atoms with E-state index in [9.17, 15) is 21.6 Å². The molecule has 0 amide bonds. The van der Waals surface area contributed by atoms with E-state index in [1.165, 1.54) is 13.0 Å². The number of sulfonamides is 1. The molecular formula is C26H29F3N6O3S. The van der Waals surface area contributed by atoms with Crippen LogP contribution >= 0.6 is 0 Å². The normalized spacial score (nSPS) is 14.9. The maximum atomic E-state index is 15.0. The molecule has 2 aromatic carbocycles. The van der Waals surface area contributed by atoms with Gasteiger partial charge in [0.1, 0.15) is 34.3 Å². The molecule has 0 radical (unpaired) electrons. The lowest BCUT2D eigenvalue weighted by Gasteiger charge is -2.34. The van der Waals surface area contributed by atoms with Crippen LogP contribution in [0.1, 0.15) is 39.2 Å². The summed E-state index contributed by atoms with van der Waals surface area (Å²) in [5.41, 5.74) is 6.16. The van der Waals surface area contributed by atoms with Crippen molar-refractivity contribution in [3.8, 4) is 17.3 Å². The van der Waals surface area contributed by atoms with Crippen LogP contribution in [-0.2, 0) is 10.0 Å². The van der Waals surface area contributed by atoms with Crippen LogP contribution in [0, 0.1) is 22.9 Å². The van der Waals surface area contributed by atoms with Crippen molar-refractivity contribution >= 4 is 27.2 Å². The predicted molar refractivity (Wildman–Crippen MR) is 142 cm³/mol. The standard InChI is InChI=1S/C26H29F3N6O3S/c1-14(2)35-10-8-18(9-11-35)38-26-23(15(3)30)24(31)32-25(33-26)16-4-7-21(20(29)12-16)34-39(36,37)22-13-17(27)5-6-19(22)28/h4-7,12-14,18,30,34H,8-11H2,1-3H3,(H2,31,32,33). The number of anilines is 2. The van der Waals surface area contributed by atoms with Crippen molar-refractivity contribution in [1.82, 2.24) is 14.9 Å². The summed E-state index contributed by atoms with van der Waals surface area (Å²) in [6, 6.07) is 5.79. The fourth-order valence-electron chi connectivity index (χ4n) is 4.31. The minimum atomic E-state index is -4.62. The number of rotatable bonds is 8. The van der Waals surface area contributed by atoms with Gasteiger partial charge in [0.25, 0.3) is 10.0 Å². The average Bonchev–Trinajstić information content (AvgIpc) is 2.86. The molecule has 1 aliphatic heterocycles. The van der Waals surface area contributed by atoms with Crippen molar-refractivity contribution in [1.29, 1.82) is 5.41 Å². The van der Waals surface area contributed by atoms with Crippen molar-refractivity contribution in [2.24, 2.45) is 0 Å². The summed E-state index contributed by atoms with van der Waals surface area (Å²) in [5.74, 6) is -3.06. The summed E-state index contributed by atoms with van der Waals surface area (Å²) in [4.78, 5) is 10.0. The number of piperidine rings is 1. The number of ether oxygens (including phenoxy) is 1. The van der Waals surface area contributed by atoms with Crippen LogP contribution < -0.4 is 15.2 Å². The van der Waals surface area contributed by atoms with Gasteiger partial charge in [0.15, 0.2) is 5.82 Å². The van der Waals surface area contributed by atoms with E-state index in [0.717, 1.165) is 44.1 Å². The topological polar surface area (TPSA) is 134 Å². The zero-order chi connectivity index (χ0) is 28.5. The van der Waals surface area contributed by atoms with E-state index in [4.69, 9.17) is 15.9 Å². The molecule has 39 heavy (non-hydrogen) atoms. The van der Waals surface area contributed by atoms with E-state index in [2.05, 4.69) is 28.7 Å². The molecule has 2 heterocycles. The largest absolute Gasteiger partial charge is 0.474 e.